The Balaban J connectivity index is 0.968. The van der Waals surface area contributed by atoms with Crippen LogP contribution in [0.4, 0.5) is 0 Å². The number of benzene rings is 11. The molecule has 2 heterocycles. The first-order valence-corrected chi connectivity index (χ1v) is 22.2. The zero-order chi connectivity index (χ0) is 42.8. The molecule has 0 aliphatic carbocycles. The smallest absolute Gasteiger partial charge is 0.160 e. The molecule has 302 valence electrons. The molecule has 0 unspecified atom stereocenters. The van der Waals surface area contributed by atoms with Crippen molar-refractivity contribution in [3.05, 3.63) is 237 Å². The number of nitrogens with zero attached hydrogens (tertiary/aromatic N) is 3. The fraction of sp³-hybridized carbons (Fsp3) is 0. The molecule has 0 aliphatic rings. The van der Waals surface area contributed by atoms with Crippen molar-refractivity contribution in [3.8, 4) is 61.8 Å². The lowest BCUT2D eigenvalue weighted by molar-refractivity contribution is 1.18. The fourth-order valence-corrected chi connectivity index (χ4v) is 10.1. The Kier molecular flexibility index (Phi) is 8.53. The number of para-hydroxylation sites is 1. The molecule has 0 amide bonds. The lowest BCUT2D eigenvalue weighted by Crippen LogP contribution is -1.96. The van der Waals surface area contributed by atoms with E-state index in [1.54, 1.807) is 0 Å². The molecule has 0 N–H and O–H groups in total. The van der Waals surface area contributed by atoms with E-state index >= 15 is 0 Å². The van der Waals surface area contributed by atoms with Gasteiger partial charge in [-0.15, -0.1) is 0 Å². The Labute approximate surface area is 376 Å². The zero-order valence-corrected chi connectivity index (χ0v) is 35.4. The van der Waals surface area contributed by atoms with Gasteiger partial charge in [0.15, 0.2) is 5.82 Å². The van der Waals surface area contributed by atoms with Gasteiger partial charge >= 0.3 is 0 Å². The number of rotatable bonds is 6. The van der Waals surface area contributed by atoms with Gasteiger partial charge in [-0.2, -0.15) is 0 Å². The quantitative estimate of drug-likeness (QED) is 0.156. The largest absolute Gasteiger partial charge is 0.309 e. The van der Waals surface area contributed by atoms with E-state index in [0.29, 0.717) is 5.82 Å². The molecular formula is C62H39N3. The fourth-order valence-electron chi connectivity index (χ4n) is 10.1. The lowest BCUT2D eigenvalue weighted by atomic mass is 9.88. The van der Waals surface area contributed by atoms with E-state index in [0.717, 1.165) is 33.6 Å². The molecule has 0 radical (unpaired) electrons. The van der Waals surface area contributed by atoms with Gasteiger partial charge in [-0.05, 0) is 114 Å². The Morgan fingerprint density at radius 3 is 1.66 bits per heavy atom. The number of hydrogen-bond donors (Lipinski definition) is 0. The summed E-state index contributed by atoms with van der Waals surface area (Å²) in [6, 6.07) is 85.4. The van der Waals surface area contributed by atoms with Gasteiger partial charge in [0.25, 0.3) is 0 Å². The van der Waals surface area contributed by atoms with Gasteiger partial charge in [0.1, 0.15) is 0 Å². The summed E-state index contributed by atoms with van der Waals surface area (Å²) >= 11 is 0. The van der Waals surface area contributed by atoms with E-state index in [9.17, 15) is 0 Å². The second-order valence-corrected chi connectivity index (χ2v) is 16.9. The Bertz CT molecular complexity index is 3940. The highest BCUT2D eigenvalue weighted by molar-refractivity contribution is 6.29. The molecule has 0 fully saturated rings. The van der Waals surface area contributed by atoms with Crippen LogP contribution in [0.3, 0.4) is 0 Å². The average molecular weight is 826 g/mol. The maximum atomic E-state index is 5.18. The molecular weight excluding hydrogens is 787 g/mol. The summed E-state index contributed by atoms with van der Waals surface area (Å²) in [6.45, 7) is 0. The molecule has 0 saturated heterocycles. The van der Waals surface area contributed by atoms with Crippen LogP contribution in [0.25, 0.3) is 127 Å². The highest BCUT2D eigenvalue weighted by Crippen LogP contribution is 2.43. The predicted octanol–water partition coefficient (Wildman–Crippen LogP) is 16.5. The molecule has 13 aromatic rings. The van der Waals surface area contributed by atoms with Crippen molar-refractivity contribution in [1.82, 2.24) is 14.5 Å². The number of fused-ring (bicyclic) bond motifs is 10. The van der Waals surface area contributed by atoms with Gasteiger partial charge in [-0.1, -0.05) is 188 Å². The molecule has 0 aliphatic heterocycles. The third kappa shape index (κ3) is 6.20. The minimum atomic E-state index is 0.709. The number of aromatic nitrogens is 3. The third-order valence-corrected chi connectivity index (χ3v) is 13.2. The van der Waals surface area contributed by atoms with Crippen LogP contribution in [0.2, 0.25) is 0 Å². The summed E-state index contributed by atoms with van der Waals surface area (Å²) < 4.78 is 2.41. The molecule has 2 aromatic heterocycles. The van der Waals surface area contributed by atoms with Gasteiger partial charge in [0.2, 0.25) is 0 Å². The predicted molar refractivity (Wildman–Crippen MR) is 274 cm³/mol. The van der Waals surface area contributed by atoms with Crippen molar-refractivity contribution in [2.24, 2.45) is 0 Å². The van der Waals surface area contributed by atoms with Crippen LogP contribution in [-0.2, 0) is 0 Å². The second-order valence-electron chi connectivity index (χ2n) is 16.9. The molecule has 13 rings (SSSR count). The summed E-state index contributed by atoms with van der Waals surface area (Å²) in [5, 5.41) is 12.4. The standard InChI is InChI=1S/C62H39N3/c1-3-16-41(17-4-1)57-39-58(64-62(63-57)42-18-5-2-6-19-42)47-22-13-21-46(35-47)49-26-14-27-53-50-23-9-10-24-51(50)55-37-44(30-33-54(55)61(49)53)45-31-34-60-56(38-45)52-25-11-12-28-59(52)65(60)48-32-29-40-15-7-8-20-43(40)36-48/h1-39H. The maximum Gasteiger partial charge on any atom is 0.160 e. The normalized spacial score (nSPS) is 11.7. The summed E-state index contributed by atoms with van der Waals surface area (Å²) in [4.78, 5) is 10.2. The van der Waals surface area contributed by atoms with Crippen LogP contribution in [-0.4, -0.2) is 14.5 Å². The van der Waals surface area contributed by atoms with E-state index in [-0.39, 0.29) is 0 Å². The van der Waals surface area contributed by atoms with E-state index in [2.05, 4.69) is 217 Å². The zero-order valence-electron chi connectivity index (χ0n) is 35.4. The van der Waals surface area contributed by atoms with E-state index in [1.807, 2.05) is 24.3 Å². The Morgan fingerprint density at radius 2 is 0.846 bits per heavy atom. The highest BCUT2D eigenvalue weighted by Gasteiger charge is 2.18. The van der Waals surface area contributed by atoms with Crippen molar-refractivity contribution in [2.75, 3.05) is 0 Å². The highest BCUT2D eigenvalue weighted by atomic mass is 15.0. The molecule has 3 heteroatoms. The maximum absolute atomic E-state index is 5.18. The summed E-state index contributed by atoms with van der Waals surface area (Å²) in [6.07, 6.45) is 0. The average Bonchev–Trinajstić information content (AvgIpc) is 3.72. The molecule has 0 saturated carbocycles. The van der Waals surface area contributed by atoms with E-state index in [1.165, 1.54) is 87.3 Å². The molecule has 0 spiro atoms. The first kappa shape index (κ1) is 36.9. The Hall–Kier alpha value is -8.66. The van der Waals surface area contributed by atoms with Crippen LogP contribution in [0.1, 0.15) is 0 Å². The van der Waals surface area contributed by atoms with Crippen molar-refractivity contribution >= 4 is 64.9 Å². The first-order chi connectivity index (χ1) is 32.2. The SMILES string of the molecule is c1ccc(-c2cc(-c3cccc(-c4cccc5c6ccccc6c6cc(-c7ccc8c(c7)c7ccccc7n8-c7ccc8ccccc8c7)ccc6c45)c3)nc(-c3ccccc3)n2)cc1. The van der Waals surface area contributed by atoms with Crippen molar-refractivity contribution in [2.45, 2.75) is 0 Å². The summed E-state index contributed by atoms with van der Waals surface area (Å²) in [5.41, 5.74) is 13.2. The molecule has 0 atom stereocenters. The second kappa shape index (κ2) is 15.0. The van der Waals surface area contributed by atoms with E-state index in [4.69, 9.17) is 9.97 Å². The number of hydrogen-bond acceptors (Lipinski definition) is 2. The summed E-state index contributed by atoms with van der Waals surface area (Å²) in [5.74, 6) is 0.709. The van der Waals surface area contributed by atoms with Crippen LogP contribution < -0.4 is 0 Å². The van der Waals surface area contributed by atoms with Crippen molar-refractivity contribution in [3.63, 3.8) is 0 Å². The van der Waals surface area contributed by atoms with Gasteiger partial charge in [-0.3, -0.25) is 0 Å². The van der Waals surface area contributed by atoms with Gasteiger partial charge in [0, 0.05) is 33.2 Å². The van der Waals surface area contributed by atoms with Gasteiger partial charge < -0.3 is 4.57 Å². The minimum Gasteiger partial charge on any atom is -0.309 e. The van der Waals surface area contributed by atoms with Crippen LogP contribution in [0.5, 0.6) is 0 Å². The van der Waals surface area contributed by atoms with Crippen molar-refractivity contribution in [1.29, 1.82) is 0 Å². The lowest BCUT2D eigenvalue weighted by Gasteiger charge is -2.16. The van der Waals surface area contributed by atoms with Gasteiger partial charge in [-0.25, -0.2) is 9.97 Å². The molecule has 0 bridgehead atoms. The monoisotopic (exact) mass is 825 g/mol. The Morgan fingerprint density at radius 1 is 0.277 bits per heavy atom. The molecule has 65 heavy (non-hydrogen) atoms. The van der Waals surface area contributed by atoms with Crippen molar-refractivity contribution < 1.29 is 0 Å². The molecule has 3 nitrogen and oxygen atoms in total. The third-order valence-electron chi connectivity index (χ3n) is 13.2. The van der Waals surface area contributed by atoms with E-state index < -0.39 is 0 Å². The van der Waals surface area contributed by atoms with Gasteiger partial charge in [0.05, 0.1) is 22.4 Å². The first-order valence-electron chi connectivity index (χ1n) is 22.2. The summed E-state index contributed by atoms with van der Waals surface area (Å²) in [7, 11) is 0. The molecule has 11 aromatic carbocycles. The topological polar surface area (TPSA) is 30.7 Å². The van der Waals surface area contributed by atoms with Crippen LogP contribution in [0, 0.1) is 0 Å². The van der Waals surface area contributed by atoms with Crippen LogP contribution in [0.15, 0.2) is 237 Å². The minimum absolute atomic E-state index is 0.709. The van der Waals surface area contributed by atoms with Crippen LogP contribution >= 0.6 is 0 Å².